The van der Waals surface area contributed by atoms with E-state index in [0.717, 1.165) is 9.37 Å². The number of carbonyl (C=O) groups is 4. The van der Waals surface area contributed by atoms with Crippen molar-refractivity contribution >= 4 is 45.0 Å². The molecule has 0 N–H and O–H groups in total. The van der Waals surface area contributed by atoms with E-state index < -0.39 is 46.9 Å². The van der Waals surface area contributed by atoms with Crippen LogP contribution in [0.25, 0.3) is 0 Å². The van der Waals surface area contributed by atoms with E-state index in [0.29, 0.717) is 17.0 Å². The number of fused-ring (bicyclic) bond motifs is 3. The lowest BCUT2D eigenvalue weighted by Gasteiger charge is -2.27. The zero-order valence-electron chi connectivity index (χ0n) is 18.4. The molecule has 2 heterocycles. The maximum atomic E-state index is 13.9. The molecule has 2 amide bonds. The second kappa shape index (κ2) is 7.69. The number of rotatable bonds is 3. The van der Waals surface area contributed by atoms with Gasteiger partial charge in [0.05, 0.1) is 30.7 Å². The molecule has 8 heteroatoms. The lowest BCUT2D eigenvalue weighted by molar-refractivity contribution is -0.127. The molecule has 3 aromatic carbocycles. The Labute approximate surface area is 208 Å². The Morgan fingerprint density at radius 1 is 0.857 bits per heavy atom. The van der Waals surface area contributed by atoms with E-state index in [1.165, 1.54) is 7.11 Å². The largest absolute Gasteiger partial charge is 0.497 e. The van der Waals surface area contributed by atoms with Crippen LogP contribution in [0.2, 0.25) is 0 Å². The fraction of sp³-hybridized carbons (Fsp3) is 0.185. The van der Waals surface area contributed by atoms with Gasteiger partial charge in [-0.15, -0.1) is 0 Å². The van der Waals surface area contributed by atoms with Gasteiger partial charge in [0.1, 0.15) is 5.75 Å². The van der Waals surface area contributed by atoms with Gasteiger partial charge in [-0.3, -0.25) is 19.2 Å². The number of ether oxygens (including phenoxy) is 2. The van der Waals surface area contributed by atoms with Gasteiger partial charge in [-0.05, 0) is 42.0 Å². The van der Waals surface area contributed by atoms with Gasteiger partial charge >= 0.3 is 0 Å². The van der Waals surface area contributed by atoms with Crippen molar-refractivity contribution < 1.29 is 28.7 Å². The molecule has 0 aromatic heterocycles. The molecule has 6 rings (SSSR count). The fourth-order valence-corrected chi connectivity index (χ4v) is 5.90. The Morgan fingerprint density at radius 3 is 2.11 bits per heavy atom. The quantitative estimate of drug-likeness (QED) is 0.372. The number of imide groups is 1. The molecule has 2 aliphatic heterocycles. The van der Waals surface area contributed by atoms with Crippen LogP contribution in [-0.4, -0.2) is 36.1 Å². The third-order valence-electron chi connectivity index (χ3n) is 7.03. The SMILES string of the molecule is COc1ccc(N2C(=O)[C@@H]3[C@H](c4cccc(Br)c4)OC4(C(=O)c5ccccc5C4=O)[C@H]3C2=O)cc1. The average Bonchev–Trinajstić information content (AvgIpc) is 3.44. The molecule has 0 unspecified atom stereocenters. The summed E-state index contributed by atoms with van der Waals surface area (Å²) in [6.07, 6.45) is -0.959. The highest BCUT2D eigenvalue weighted by Crippen LogP contribution is 2.57. The summed E-state index contributed by atoms with van der Waals surface area (Å²) in [7, 11) is 1.52. The number of nitrogens with zero attached hydrogens (tertiary/aromatic N) is 1. The molecule has 1 spiro atoms. The first-order valence-electron chi connectivity index (χ1n) is 11.0. The lowest BCUT2D eigenvalue weighted by Crippen LogP contribution is -2.51. The van der Waals surface area contributed by atoms with Crippen molar-refractivity contribution in [3.05, 3.63) is 94.0 Å². The number of hydrogen-bond acceptors (Lipinski definition) is 6. The number of ketones is 2. The lowest BCUT2D eigenvalue weighted by atomic mass is 9.77. The van der Waals surface area contributed by atoms with Crippen LogP contribution in [0.5, 0.6) is 5.75 Å². The van der Waals surface area contributed by atoms with Gasteiger partial charge in [-0.2, -0.15) is 0 Å². The molecule has 0 radical (unpaired) electrons. The first kappa shape index (κ1) is 21.9. The predicted octanol–water partition coefficient (Wildman–Crippen LogP) is 4.15. The van der Waals surface area contributed by atoms with Crippen molar-refractivity contribution in [2.24, 2.45) is 11.8 Å². The molecule has 3 aromatic rings. The van der Waals surface area contributed by atoms with E-state index in [-0.39, 0.29) is 11.1 Å². The van der Waals surface area contributed by atoms with E-state index in [9.17, 15) is 19.2 Å². The van der Waals surface area contributed by atoms with Crippen molar-refractivity contribution in [2.45, 2.75) is 11.7 Å². The predicted molar refractivity (Wildman–Crippen MR) is 128 cm³/mol. The summed E-state index contributed by atoms with van der Waals surface area (Å²) in [6, 6.07) is 20.0. The second-order valence-corrected chi connectivity index (χ2v) is 9.66. The highest BCUT2D eigenvalue weighted by molar-refractivity contribution is 9.10. The Kier molecular flexibility index (Phi) is 4.81. The fourth-order valence-electron chi connectivity index (χ4n) is 5.49. The van der Waals surface area contributed by atoms with E-state index in [2.05, 4.69) is 15.9 Å². The average molecular weight is 532 g/mol. The standard InChI is InChI=1S/C27H18BrNO6/c1-34-17-11-9-16(10-12-17)29-25(32)20-21(26(29)33)27(35-22(20)14-5-4-6-15(28)13-14)23(30)18-7-2-3-8-19(18)24(27)31/h2-13,20-22H,1H3/t20-,21+,22-/m0/s1. The Balaban J connectivity index is 1.53. The molecule has 3 aliphatic rings. The van der Waals surface area contributed by atoms with E-state index >= 15 is 0 Å². The minimum atomic E-state index is -2.09. The summed E-state index contributed by atoms with van der Waals surface area (Å²) in [5, 5.41) is 0. The summed E-state index contributed by atoms with van der Waals surface area (Å²) in [4.78, 5) is 56.2. The molecular weight excluding hydrogens is 514 g/mol. The Hall–Kier alpha value is -3.62. The minimum absolute atomic E-state index is 0.203. The highest BCUT2D eigenvalue weighted by Gasteiger charge is 2.74. The van der Waals surface area contributed by atoms with E-state index in [4.69, 9.17) is 9.47 Å². The Morgan fingerprint density at radius 2 is 1.51 bits per heavy atom. The number of anilines is 1. The highest BCUT2D eigenvalue weighted by atomic mass is 79.9. The molecule has 0 saturated carbocycles. The van der Waals surface area contributed by atoms with Gasteiger partial charge in [-0.1, -0.05) is 52.3 Å². The van der Waals surface area contributed by atoms with Crippen LogP contribution in [0.3, 0.4) is 0 Å². The number of carbonyl (C=O) groups excluding carboxylic acids is 4. The number of benzene rings is 3. The maximum absolute atomic E-state index is 13.9. The van der Waals surface area contributed by atoms with Crippen LogP contribution in [0.15, 0.2) is 77.3 Å². The molecule has 35 heavy (non-hydrogen) atoms. The van der Waals surface area contributed by atoms with Gasteiger partial charge in [-0.25, -0.2) is 4.90 Å². The topological polar surface area (TPSA) is 90.0 Å². The zero-order valence-corrected chi connectivity index (χ0v) is 20.0. The smallest absolute Gasteiger partial charge is 0.241 e. The molecule has 174 valence electrons. The van der Waals surface area contributed by atoms with Crippen LogP contribution in [0.1, 0.15) is 32.4 Å². The third-order valence-corrected chi connectivity index (χ3v) is 7.52. The molecular formula is C27H18BrNO6. The Bertz CT molecular complexity index is 1400. The van der Waals surface area contributed by atoms with Crippen molar-refractivity contribution in [3.8, 4) is 5.75 Å². The zero-order chi connectivity index (χ0) is 24.5. The minimum Gasteiger partial charge on any atom is -0.497 e. The molecule has 7 nitrogen and oxygen atoms in total. The van der Waals surface area contributed by atoms with Crippen LogP contribution < -0.4 is 9.64 Å². The van der Waals surface area contributed by atoms with Gasteiger partial charge < -0.3 is 9.47 Å². The molecule has 0 bridgehead atoms. The van der Waals surface area contributed by atoms with Gasteiger partial charge in [0.15, 0.2) is 0 Å². The summed E-state index contributed by atoms with van der Waals surface area (Å²) < 4.78 is 12.2. The van der Waals surface area contributed by atoms with Crippen LogP contribution in [0.4, 0.5) is 5.69 Å². The number of hydrogen-bond donors (Lipinski definition) is 0. The number of halogens is 1. The van der Waals surface area contributed by atoms with Crippen molar-refractivity contribution in [1.29, 1.82) is 0 Å². The normalized spacial score (nSPS) is 24.3. The van der Waals surface area contributed by atoms with Gasteiger partial charge in [0.2, 0.25) is 29.0 Å². The summed E-state index contributed by atoms with van der Waals surface area (Å²) >= 11 is 3.43. The molecule has 2 fully saturated rings. The maximum Gasteiger partial charge on any atom is 0.241 e. The van der Waals surface area contributed by atoms with Gasteiger partial charge in [0.25, 0.3) is 0 Å². The van der Waals surface area contributed by atoms with Crippen LogP contribution in [-0.2, 0) is 14.3 Å². The van der Waals surface area contributed by atoms with Crippen molar-refractivity contribution in [2.75, 3.05) is 12.0 Å². The summed E-state index contributed by atoms with van der Waals surface area (Å²) in [5.41, 5.74) is -0.743. The summed E-state index contributed by atoms with van der Waals surface area (Å²) in [5.74, 6) is -4.06. The number of methoxy groups -OCH3 is 1. The van der Waals surface area contributed by atoms with E-state index in [1.54, 1.807) is 66.7 Å². The first-order valence-corrected chi connectivity index (χ1v) is 11.8. The van der Waals surface area contributed by atoms with Crippen LogP contribution >= 0.6 is 15.9 Å². The van der Waals surface area contributed by atoms with Crippen molar-refractivity contribution in [3.63, 3.8) is 0 Å². The number of amides is 2. The van der Waals surface area contributed by atoms with Crippen LogP contribution in [0, 0.1) is 11.8 Å². The van der Waals surface area contributed by atoms with Gasteiger partial charge in [0, 0.05) is 15.6 Å². The summed E-state index contributed by atoms with van der Waals surface area (Å²) in [6.45, 7) is 0. The third kappa shape index (κ3) is 2.87. The molecule has 2 saturated heterocycles. The molecule has 3 atom stereocenters. The molecule has 1 aliphatic carbocycles. The second-order valence-electron chi connectivity index (χ2n) is 8.75. The van der Waals surface area contributed by atoms with E-state index in [1.807, 2.05) is 6.07 Å². The first-order chi connectivity index (χ1) is 16.9. The van der Waals surface area contributed by atoms with Crippen molar-refractivity contribution in [1.82, 2.24) is 0 Å². The number of Topliss-reactive ketones (excluding diaryl/α,β-unsaturated/α-hetero) is 2. The monoisotopic (exact) mass is 531 g/mol.